The van der Waals surface area contributed by atoms with Gasteiger partial charge in [-0.15, -0.1) is 11.3 Å². The number of nitrogen functional groups attached to an aromatic ring is 1. The van der Waals surface area contributed by atoms with Gasteiger partial charge in [-0.05, 0) is 53.4 Å². The molecule has 0 radical (unpaired) electrons. The number of nitrogens with one attached hydrogen (secondary N) is 1. The van der Waals surface area contributed by atoms with Crippen molar-refractivity contribution >= 4 is 22.6 Å². The summed E-state index contributed by atoms with van der Waals surface area (Å²) in [6.45, 7) is 6.27. The fourth-order valence-corrected chi connectivity index (χ4v) is 3.98. The Balaban J connectivity index is 0.000000194. The molecule has 1 fully saturated rings. The normalized spacial score (nSPS) is 13.8. The van der Waals surface area contributed by atoms with E-state index in [9.17, 15) is 4.79 Å². The number of ether oxygens (including phenoxy) is 1. The number of thiophene rings is 1. The van der Waals surface area contributed by atoms with E-state index in [4.69, 9.17) is 10.5 Å². The minimum absolute atomic E-state index is 0.456. The molecule has 1 aromatic carbocycles. The summed E-state index contributed by atoms with van der Waals surface area (Å²) in [5.74, 6) is 0.861. The summed E-state index contributed by atoms with van der Waals surface area (Å²) < 4.78 is 5.73. The number of pyridine rings is 1. The van der Waals surface area contributed by atoms with Crippen LogP contribution in [0.2, 0.25) is 0 Å². The lowest BCUT2D eigenvalue weighted by Gasteiger charge is -2.26. The largest absolute Gasteiger partial charge is 0.494 e. The summed E-state index contributed by atoms with van der Waals surface area (Å²) in [6.07, 6.45) is 5.98. The summed E-state index contributed by atoms with van der Waals surface area (Å²) in [5, 5.41) is 6.24. The lowest BCUT2D eigenvalue weighted by molar-refractivity contribution is -0.107. The number of hydrogen-bond donors (Lipinski definition) is 2. The van der Waals surface area contributed by atoms with E-state index >= 15 is 0 Å². The van der Waals surface area contributed by atoms with Gasteiger partial charge in [-0.1, -0.05) is 12.1 Å². The Labute approximate surface area is 188 Å². The monoisotopic (exact) mass is 438 g/mol. The van der Waals surface area contributed by atoms with Crippen molar-refractivity contribution in [2.24, 2.45) is 0 Å². The average Bonchev–Trinajstić information content (AvgIpc) is 3.25. The fourth-order valence-electron chi connectivity index (χ4n) is 3.32. The minimum atomic E-state index is 0.456. The van der Waals surface area contributed by atoms with Gasteiger partial charge in [0.25, 0.3) is 0 Å². The Bertz CT molecular complexity index is 911. The van der Waals surface area contributed by atoms with Crippen LogP contribution in [-0.4, -0.2) is 55.5 Å². The molecular formula is C24H30N4O2S. The molecule has 7 heteroatoms. The van der Waals surface area contributed by atoms with Gasteiger partial charge < -0.3 is 25.5 Å². The van der Waals surface area contributed by atoms with E-state index in [0.29, 0.717) is 6.42 Å². The number of aldehydes is 1. The molecular weight excluding hydrogens is 408 g/mol. The van der Waals surface area contributed by atoms with Gasteiger partial charge in [0.05, 0.1) is 11.6 Å². The van der Waals surface area contributed by atoms with Crippen LogP contribution < -0.4 is 15.8 Å². The van der Waals surface area contributed by atoms with Gasteiger partial charge in [0.1, 0.15) is 12.0 Å². The third-order valence-electron chi connectivity index (χ3n) is 4.95. The highest BCUT2D eigenvalue weighted by Crippen LogP contribution is 2.26. The van der Waals surface area contributed by atoms with Crippen LogP contribution in [-0.2, 0) is 11.2 Å². The molecule has 1 aliphatic heterocycles. The van der Waals surface area contributed by atoms with E-state index in [0.717, 1.165) is 73.9 Å². The number of hydrogen-bond acceptors (Lipinski definition) is 7. The zero-order chi connectivity index (χ0) is 21.7. The molecule has 0 aliphatic carbocycles. The molecule has 0 spiro atoms. The standard InChI is InChI=1S/C15H22N2O2.C9H8N2S/c18-11-5-14-3-1-4-15(13-14)19-12-2-8-17-9-6-16-7-10-17;10-9-5-8(6-12-9)7-1-3-11-4-2-7/h1,3-4,11,13,16H,2,5-10,12H2;1-6H,10H2. The van der Waals surface area contributed by atoms with Crippen LogP contribution in [0.3, 0.4) is 0 Å². The zero-order valence-electron chi connectivity index (χ0n) is 17.7. The van der Waals surface area contributed by atoms with Crippen molar-refractivity contribution in [3.63, 3.8) is 0 Å². The van der Waals surface area contributed by atoms with Gasteiger partial charge in [-0.3, -0.25) is 4.98 Å². The lowest BCUT2D eigenvalue weighted by atomic mass is 10.1. The number of anilines is 1. The molecule has 6 nitrogen and oxygen atoms in total. The van der Waals surface area contributed by atoms with Crippen molar-refractivity contribution in [3.8, 4) is 16.9 Å². The van der Waals surface area contributed by atoms with E-state index in [2.05, 4.69) is 15.2 Å². The third kappa shape index (κ3) is 8.13. The van der Waals surface area contributed by atoms with Crippen LogP contribution in [0.4, 0.5) is 5.00 Å². The van der Waals surface area contributed by atoms with E-state index in [1.165, 1.54) is 5.56 Å². The maximum atomic E-state index is 10.5. The smallest absolute Gasteiger partial charge is 0.124 e. The molecule has 0 bridgehead atoms. The lowest BCUT2D eigenvalue weighted by Crippen LogP contribution is -2.43. The molecule has 164 valence electrons. The summed E-state index contributed by atoms with van der Waals surface area (Å²) in [4.78, 5) is 16.9. The van der Waals surface area contributed by atoms with Crippen LogP contribution in [0, 0.1) is 0 Å². The predicted octanol–water partition coefficient (Wildman–Crippen LogP) is 3.49. The first-order valence-electron chi connectivity index (χ1n) is 10.6. The van der Waals surface area contributed by atoms with Gasteiger partial charge in [0, 0.05) is 56.9 Å². The quantitative estimate of drug-likeness (QED) is 0.414. The zero-order valence-corrected chi connectivity index (χ0v) is 18.5. The van der Waals surface area contributed by atoms with E-state index in [-0.39, 0.29) is 0 Å². The van der Waals surface area contributed by atoms with Crippen LogP contribution in [0.5, 0.6) is 5.75 Å². The summed E-state index contributed by atoms with van der Waals surface area (Å²) in [7, 11) is 0. The molecule has 0 amide bonds. The van der Waals surface area contributed by atoms with Gasteiger partial charge in [0.15, 0.2) is 0 Å². The fraction of sp³-hybridized carbons (Fsp3) is 0.333. The van der Waals surface area contributed by atoms with Crippen molar-refractivity contribution in [1.82, 2.24) is 15.2 Å². The van der Waals surface area contributed by atoms with Crippen molar-refractivity contribution in [1.29, 1.82) is 0 Å². The van der Waals surface area contributed by atoms with Crippen molar-refractivity contribution in [2.45, 2.75) is 12.8 Å². The maximum absolute atomic E-state index is 10.5. The Morgan fingerprint density at radius 2 is 1.94 bits per heavy atom. The Kier molecular flexibility index (Phi) is 9.50. The van der Waals surface area contributed by atoms with E-state index in [1.54, 1.807) is 23.7 Å². The van der Waals surface area contributed by atoms with Crippen LogP contribution in [0.1, 0.15) is 12.0 Å². The highest BCUT2D eigenvalue weighted by molar-refractivity contribution is 7.14. The molecule has 4 rings (SSSR count). The number of benzene rings is 1. The van der Waals surface area contributed by atoms with Crippen molar-refractivity contribution in [2.75, 3.05) is 45.1 Å². The number of aromatic nitrogens is 1. The Hall–Kier alpha value is -2.74. The average molecular weight is 439 g/mol. The van der Waals surface area contributed by atoms with E-state index in [1.807, 2.05) is 47.8 Å². The molecule has 1 aliphatic rings. The van der Waals surface area contributed by atoms with Gasteiger partial charge in [-0.2, -0.15) is 0 Å². The number of carbonyl (C=O) groups is 1. The number of nitrogens with zero attached hydrogens (tertiary/aromatic N) is 2. The summed E-state index contributed by atoms with van der Waals surface area (Å²) in [5.41, 5.74) is 8.96. The number of rotatable bonds is 8. The minimum Gasteiger partial charge on any atom is -0.494 e. The number of carbonyl (C=O) groups excluding carboxylic acids is 1. The first kappa shape index (κ1) is 22.9. The number of nitrogens with two attached hydrogens (primary N) is 1. The van der Waals surface area contributed by atoms with Crippen molar-refractivity contribution < 1.29 is 9.53 Å². The second kappa shape index (κ2) is 12.8. The summed E-state index contributed by atoms with van der Waals surface area (Å²) >= 11 is 1.56. The molecule has 1 saturated heterocycles. The van der Waals surface area contributed by atoms with Gasteiger partial charge >= 0.3 is 0 Å². The molecule has 3 heterocycles. The summed E-state index contributed by atoms with van der Waals surface area (Å²) in [6, 6.07) is 13.7. The molecule has 3 N–H and O–H groups in total. The molecule has 3 aromatic rings. The van der Waals surface area contributed by atoms with Crippen LogP contribution >= 0.6 is 11.3 Å². The topological polar surface area (TPSA) is 80.5 Å². The third-order valence-corrected chi connectivity index (χ3v) is 5.71. The maximum Gasteiger partial charge on any atom is 0.124 e. The second-order valence-corrected chi connectivity index (χ2v) is 8.23. The Morgan fingerprint density at radius 1 is 1.13 bits per heavy atom. The first-order chi connectivity index (χ1) is 15.2. The molecule has 31 heavy (non-hydrogen) atoms. The molecule has 0 saturated carbocycles. The second-order valence-electron chi connectivity index (χ2n) is 7.29. The molecule has 0 unspecified atom stereocenters. The van der Waals surface area contributed by atoms with E-state index < -0.39 is 0 Å². The predicted molar refractivity (Wildman–Crippen MR) is 128 cm³/mol. The van der Waals surface area contributed by atoms with Crippen LogP contribution in [0.25, 0.3) is 11.1 Å². The van der Waals surface area contributed by atoms with Gasteiger partial charge in [-0.25, -0.2) is 0 Å². The highest BCUT2D eigenvalue weighted by atomic mass is 32.1. The van der Waals surface area contributed by atoms with Gasteiger partial charge in [0.2, 0.25) is 0 Å². The SMILES string of the molecule is Nc1cc(-c2ccncc2)cs1.O=CCc1cccc(OCCCN2CCNCC2)c1. The van der Waals surface area contributed by atoms with Crippen LogP contribution in [0.15, 0.2) is 60.2 Å². The Morgan fingerprint density at radius 3 is 2.65 bits per heavy atom. The highest BCUT2D eigenvalue weighted by Gasteiger charge is 2.08. The van der Waals surface area contributed by atoms with Crippen molar-refractivity contribution in [3.05, 3.63) is 65.8 Å². The number of piperazine rings is 1. The molecule has 0 atom stereocenters. The molecule has 2 aromatic heterocycles. The first-order valence-corrected chi connectivity index (χ1v) is 11.5.